The summed E-state index contributed by atoms with van der Waals surface area (Å²) in [7, 11) is 0. The summed E-state index contributed by atoms with van der Waals surface area (Å²) in [5, 5.41) is -0.0236. The van der Waals surface area contributed by atoms with Crippen molar-refractivity contribution in [3.8, 4) is 0 Å². The molecule has 0 spiro atoms. The van der Waals surface area contributed by atoms with Gasteiger partial charge in [-0.3, -0.25) is 4.79 Å². The molecule has 4 nitrogen and oxygen atoms in total. The second-order valence-corrected chi connectivity index (χ2v) is 6.23. The lowest BCUT2D eigenvalue weighted by Gasteiger charge is -2.11. The van der Waals surface area contributed by atoms with Crippen LogP contribution in [0.15, 0.2) is 47.3 Å². The van der Waals surface area contributed by atoms with E-state index in [9.17, 15) is 14.0 Å². The van der Waals surface area contributed by atoms with Crippen LogP contribution in [-0.2, 0) is 17.6 Å². The summed E-state index contributed by atoms with van der Waals surface area (Å²) < 4.78 is 18.8. The topological polar surface area (TPSA) is 59.2 Å². The molecule has 0 unspecified atom stereocenters. The largest absolute Gasteiger partial charge is 0.462 e. The molecule has 2 aromatic carbocycles. The van der Waals surface area contributed by atoms with E-state index in [0.29, 0.717) is 24.1 Å². The molecule has 1 heterocycles. The Labute approximate surface area is 154 Å². The molecular weight excluding hydrogens is 357 g/mol. The molecule has 0 aliphatic carbocycles. The molecule has 26 heavy (non-hydrogen) atoms. The summed E-state index contributed by atoms with van der Waals surface area (Å²) in [6, 6.07) is 12.1. The maximum Gasteiger partial charge on any atom is 0.343 e. The average molecular weight is 374 g/mol. The van der Waals surface area contributed by atoms with Crippen LogP contribution in [0.3, 0.4) is 0 Å². The van der Waals surface area contributed by atoms with Crippen LogP contribution < -0.4 is 5.43 Å². The Morgan fingerprint density at radius 3 is 2.62 bits per heavy atom. The molecule has 0 saturated heterocycles. The normalized spacial score (nSPS) is 10.9. The molecule has 0 saturated carbocycles. The van der Waals surface area contributed by atoms with E-state index in [1.54, 1.807) is 6.92 Å². The second-order valence-electron chi connectivity index (χ2n) is 5.83. The van der Waals surface area contributed by atoms with Crippen LogP contribution in [-0.4, -0.2) is 17.6 Å². The molecule has 3 aromatic rings. The number of benzene rings is 2. The number of rotatable bonds is 5. The smallest absolute Gasteiger partial charge is 0.343 e. The summed E-state index contributed by atoms with van der Waals surface area (Å²) in [6.07, 6.45) is 1.06. The standard InChI is InChI=1S/C20H17ClFNO3/c1-2-26-20(25)18-16(9-8-12-6-4-3-5-7-12)23-17-11-14(21)15(22)10-13(17)19(18)24/h3-7,10-11H,2,8-9H2,1H3,(H,23,24). The number of aromatic amines is 1. The Balaban J connectivity index is 2.12. The molecule has 0 bridgehead atoms. The van der Waals surface area contributed by atoms with Crippen LogP contribution in [0, 0.1) is 5.82 Å². The van der Waals surface area contributed by atoms with Crippen molar-refractivity contribution in [2.24, 2.45) is 0 Å². The molecule has 3 rings (SSSR count). The minimum Gasteiger partial charge on any atom is -0.462 e. The summed E-state index contributed by atoms with van der Waals surface area (Å²) in [5.74, 6) is -1.43. The summed E-state index contributed by atoms with van der Waals surface area (Å²) in [5.41, 5.74) is 1.26. The number of esters is 1. The van der Waals surface area contributed by atoms with Crippen LogP contribution in [0.5, 0.6) is 0 Å². The fourth-order valence-corrected chi connectivity index (χ4v) is 3.02. The summed E-state index contributed by atoms with van der Waals surface area (Å²) in [4.78, 5) is 28.2. The quantitative estimate of drug-likeness (QED) is 0.679. The van der Waals surface area contributed by atoms with Gasteiger partial charge in [0.05, 0.1) is 17.1 Å². The highest BCUT2D eigenvalue weighted by Crippen LogP contribution is 2.22. The monoisotopic (exact) mass is 373 g/mol. The first-order chi connectivity index (χ1) is 12.5. The first-order valence-electron chi connectivity index (χ1n) is 8.26. The van der Waals surface area contributed by atoms with E-state index in [1.165, 1.54) is 6.07 Å². The van der Waals surface area contributed by atoms with Gasteiger partial charge in [0.15, 0.2) is 0 Å². The van der Waals surface area contributed by atoms with Crippen molar-refractivity contribution in [1.82, 2.24) is 4.98 Å². The van der Waals surface area contributed by atoms with E-state index >= 15 is 0 Å². The van der Waals surface area contributed by atoms with E-state index < -0.39 is 17.2 Å². The van der Waals surface area contributed by atoms with Gasteiger partial charge in [-0.25, -0.2) is 9.18 Å². The number of H-pyrrole nitrogens is 1. The third-order valence-electron chi connectivity index (χ3n) is 4.11. The predicted octanol–water partition coefficient (Wildman–Crippen LogP) is 4.28. The lowest BCUT2D eigenvalue weighted by molar-refractivity contribution is 0.0523. The number of hydrogen-bond donors (Lipinski definition) is 1. The van der Waals surface area contributed by atoms with Gasteiger partial charge in [-0.15, -0.1) is 0 Å². The number of carbonyl (C=O) groups is 1. The molecule has 134 valence electrons. The fraction of sp³-hybridized carbons (Fsp3) is 0.200. The van der Waals surface area contributed by atoms with E-state index in [1.807, 2.05) is 30.3 Å². The Morgan fingerprint density at radius 2 is 1.92 bits per heavy atom. The van der Waals surface area contributed by atoms with Crippen LogP contribution in [0.25, 0.3) is 10.9 Å². The van der Waals surface area contributed by atoms with Crippen molar-refractivity contribution >= 4 is 28.5 Å². The molecule has 1 aromatic heterocycles. The Morgan fingerprint density at radius 1 is 1.19 bits per heavy atom. The third-order valence-corrected chi connectivity index (χ3v) is 4.40. The minimum absolute atomic E-state index is 0.0680. The molecule has 6 heteroatoms. The number of fused-ring (bicyclic) bond motifs is 1. The molecule has 0 radical (unpaired) electrons. The molecule has 1 N–H and O–H groups in total. The number of halogens is 2. The van der Waals surface area contributed by atoms with E-state index in [0.717, 1.165) is 11.6 Å². The Kier molecular flexibility index (Phi) is 5.38. The minimum atomic E-state index is -0.714. The van der Waals surface area contributed by atoms with Crippen LogP contribution in [0.4, 0.5) is 4.39 Å². The van der Waals surface area contributed by atoms with E-state index in [-0.39, 0.29) is 22.6 Å². The Hall–Kier alpha value is -2.66. The van der Waals surface area contributed by atoms with Gasteiger partial charge in [-0.1, -0.05) is 41.9 Å². The molecule has 0 amide bonds. The molecular formula is C20H17ClFNO3. The van der Waals surface area contributed by atoms with Crippen LogP contribution in [0.1, 0.15) is 28.5 Å². The van der Waals surface area contributed by atoms with Gasteiger partial charge in [0.1, 0.15) is 11.4 Å². The number of aryl methyl sites for hydroxylation is 2. The number of hydrogen-bond acceptors (Lipinski definition) is 3. The molecule has 0 aliphatic heterocycles. The van der Waals surface area contributed by atoms with Crippen molar-refractivity contribution in [2.75, 3.05) is 6.61 Å². The van der Waals surface area contributed by atoms with Crippen molar-refractivity contribution in [3.63, 3.8) is 0 Å². The van der Waals surface area contributed by atoms with Gasteiger partial charge in [0, 0.05) is 11.1 Å². The predicted molar refractivity (Wildman–Crippen MR) is 99.3 cm³/mol. The fourth-order valence-electron chi connectivity index (χ4n) is 2.86. The zero-order valence-corrected chi connectivity index (χ0v) is 14.9. The van der Waals surface area contributed by atoms with Crippen molar-refractivity contribution in [1.29, 1.82) is 0 Å². The van der Waals surface area contributed by atoms with Crippen LogP contribution in [0.2, 0.25) is 5.02 Å². The molecule has 0 fully saturated rings. The summed E-state index contributed by atoms with van der Waals surface area (Å²) >= 11 is 5.83. The molecule has 0 aliphatic rings. The number of nitrogens with one attached hydrogen (secondary N) is 1. The number of ether oxygens (including phenoxy) is 1. The highest BCUT2D eigenvalue weighted by molar-refractivity contribution is 6.31. The van der Waals surface area contributed by atoms with Crippen molar-refractivity contribution in [2.45, 2.75) is 19.8 Å². The number of aromatic nitrogens is 1. The zero-order chi connectivity index (χ0) is 18.7. The van der Waals surface area contributed by atoms with Gasteiger partial charge in [0.25, 0.3) is 0 Å². The first-order valence-corrected chi connectivity index (χ1v) is 8.64. The molecule has 0 atom stereocenters. The third kappa shape index (κ3) is 3.63. The maximum absolute atomic E-state index is 13.8. The van der Waals surface area contributed by atoms with Gasteiger partial charge < -0.3 is 9.72 Å². The SMILES string of the molecule is CCOC(=O)c1c(CCc2ccccc2)[nH]c2cc(Cl)c(F)cc2c1=O. The Bertz CT molecular complexity index is 1010. The van der Waals surface area contributed by atoms with Crippen molar-refractivity contribution < 1.29 is 13.9 Å². The first kappa shape index (κ1) is 18.1. The van der Waals surface area contributed by atoms with Crippen LogP contribution >= 0.6 is 11.6 Å². The highest BCUT2D eigenvalue weighted by atomic mass is 35.5. The number of pyridine rings is 1. The van der Waals surface area contributed by atoms with Gasteiger partial charge in [0.2, 0.25) is 5.43 Å². The number of carbonyl (C=O) groups excluding carboxylic acids is 1. The highest BCUT2D eigenvalue weighted by Gasteiger charge is 2.21. The van der Waals surface area contributed by atoms with E-state index in [2.05, 4.69) is 4.98 Å². The van der Waals surface area contributed by atoms with Gasteiger partial charge in [-0.2, -0.15) is 0 Å². The van der Waals surface area contributed by atoms with Crippen molar-refractivity contribution in [3.05, 3.63) is 80.3 Å². The van der Waals surface area contributed by atoms with Gasteiger partial charge in [-0.05, 0) is 37.5 Å². The summed E-state index contributed by atoms with van der Waals surface area (Å²) in [6.45, 7) is 1.81. The second kappa shape index (κ2) is 7.70. The lowest BCUT2D eigenvalue weighted by Crippen LogP contribution is -2.22. The van der Waals surface area contributed by atoms with E-state index in [4.69, 9.17) is 16.3 Å². The zero-order valence-electron chi connectivity index (χ0n) is 14.1. The lowest BCUT2D eigenvalue weighted by atomic mass is 10.0. The maximum atomic E-state index is 13.8. The van der Waals surface area contributed by atoms with Gasteiger partial charge >= 0.3 is 5.97 Å². The average Bonchev–Trinajstić information content (AvgIpc) is 2.63.